The molecule has 1 aromatic heterocycles. The topological polar surface area (TPSA) is 67.3 Å². The predicted molar refractivity (Wildman–Crippen MR) is 118 cm³/mol. The number of carbonyl (C=O) groups is 1. The highest BCUT2D eigenvalue weighted by atomic mass is 32.2. The number of fused-ring (bicyclic) bond motifs is 1. The van der Waals surface area contributed by atoms with Crippen LogP contribution in [0.5, 0.6) is 0 Å². The van der Waals surface area contributed by atoms with Gasteiger partial charge in [0.25, 0.3) is 0 Å². The van der Waals surface area contributed by atoms with Crippen molar-refractivity contribution in [1.29, 1.82) is 0 Å². The van der Waals surface area contributed by atoms with Gasteiger partial charge in [-0.25, -0.2) is 13.4 Å². The van der Waals surface area contributed by atoms with Gasteiger partial charge in [0.2, 0.25) is 5.91 Å². The molecule has 29 heavy (non-hydrogen) atoms. The smallest absolute Gasteiger partial charge is 0.233 e. The summed E-state index contributed by atoms with van der Waals surface area (Å²) in [5.74, 6) is 0.675. The Balaban J connectivity index is 1.50. The second-order valence-electron chi connectivity index (χ2n) is 8.23. The molecule has 1 atom stereocenters. The number of aryl methyl sites for hydroxylation is 1. The van der Waals surface area contributed by atoms with Crippen LogP contribution in [0.3, 0.4) is 0 Å². The van der Waals surface area contributed by atoms with E-state index in [1.165, 1.54) is 18.2 Å². The van der Waals surface area contributed by atoms with Gasteiger partial charge in [0.15, 0.2) is 9.84 Å². The number of rotatable bonds is 5. The second kappa shape index (κ2) is 8.64. The van der Waals surface area contributed by atoms with Crippen molar-refractivity contribution in [1.82, 2.24) is 9.88 Å². The third-order valence-electron chi connectivity index (χ3n) is 6.10. The zero-order valence-corrected chi connectivity index (χ0v) is 18.5. The monoisotopic (exact) mass is 432 g/mol. The lowest BCUT2D eigenvalue weighted by Gasteiger charge is -2.38. The minimum absolute atomic E-state index is 0.0524. The lowest BCUT2D eigenvalue weighted by Crippen LogP contribution is -2.49. The van der Waals surface area contributed by atoms with Crippen LogP contribution < -0.4 is 0 Å². The molecule has 2 aromatic rings. The quantitative estimate of drug-likeness (QED) is 0.669. The van der Waals surface area contributed by atoms with Gasteiger partial charge in [-0.2, -0.15) is 0 Å². The molecule has 1 aliphatic carbocycles. The standard InChI is InChI=1S/C22H28N2O3S2/c1-16-13-21(23-20-10-6-5-9-19(16)20)28-14-22(25)24(17-7-3-2-4-8-17)18-11-12-29(26,27)15-18/h5-6,9-10,13,17-18H,2-4,7-8,11-12,14-15H2,1H3. The SMILES string of the molecule is Cc1cc(SCC(=O)N(C2CCCCC2)C2CCS(=O)(=O)C2)nc2ccccc12. The van der Waals surface area contributed by atoms with Crippen LogP contribution in [-0.2, 0) is 14.6 Å². The number of thioether (sulfide) groups is 1. The molecule has 7 heteroatoms. The van der Waals surface area contributed by atoms with Crippen molar-refractivity contribution in [3.05, 3.63) is 35.9 Å². The second-order valence-corrected chi connectivity index (χ2v) is 11.5. The third kappa shape index (κ3) is 4.77. The molecule has 2 heterocycles. The maximum Gasteiger partial charge on any atom is 0.233 e. The summed E-state index contributed by atoms with van der Waals surface area (Å²) in [5, 5.41) is 1.97. The molecule has 156 valence electrons. The molecule has 5 nitrogen and oxygen atoms in total. The van der Waals surface area contributed by atoms with E-state index in [1.807, 2.05) is 29.2 Å². The summed E-state index contributed by atoms with van der Waals surface area (Å²) >= 11 is 1.46. The van der Waals surface area contributed by atoms with Crippen LogP contribution in [-0.4, -0.2) is 53.6 Å². The molecule has 2 fully saturated rings. The Labute approximate surface area is 177 Å². The Morgan fingerprint density at radius 3 is 2.62 bits per heavy atom. The van der Waals surface area contributed by atoms with E-state index in [2.05, 4.69) is 13.0 Å². The van der Waals surface area contributed by atoms with E-state index in [4.69, 9.17) is 4.98 Å². The number of carbonyl (C=O) groups excluding carboxylic acids is 1. The maximum atomic E-state index is 13.2. The molecular weight excluding hydrogens is 404 g/mol. The summed E-state index contributed by atoms with van der Waals surface area (Å²) in [6, 6.07) is 10.1. The zero-order valence-electron chi connectivity index (χ0n) is 16.8. The molecule has 0 N–H and O–H groups in total. The third-order valence-corrected chi connectivity index (χ3v) is 8.75. The average Bonchev–Trinajstić information content (AvgIpc) is 3.07. The van der Waals surface area contributed by atoms with Crippen molar-refractivity contribution in [2.75, 3.05) is 17.3 Å². The van der Waals surface area contributed by atoms with E-state index in [0.717, 1.165) is 47.2 Å². The number of sulfone groups is 1. The van der Waals surface area contributed by atoms with E-state index in [9.17, 15) is 13.2 Å². The van der Waals surface area contributed by atoms with Gasteiger partial charge in [0.05, 0.1) is 27.8 Å². The van der Waals surface area contributed by atoms with Crippen LogP contribution in [0, 0.1) is 6.92 Å². The molecule has 2 aliphatic rings. The molecule has 1 saturated heterocycles. The molecule has 1 amide bonds. The molecule has 1 aromatic carbocycles. The minimum atomic E-state index is -3.02. The summed E-state index contributed by atoms with van der Waals surface area (Å²) in [7, 11) is -3.02. The summed E-state index contributed by atoms with van der Waals surface area (Å²) in [6.07, 6.45) is 5.98. The van der Waals surface area contributed by atoms with Crippen molar-refractivity contribution in [2.24, 2.45) is 0 Å². The van der Waals surface area contributed by atoms with E-state index in [0.29, 0.717) is 12.2 Å². The number of amides is 1. The van der Waals surface area contributed by atoms with Crippen molar-refractivity contribution >= 4 is 38.4 Å². The highest BCUT2D eigenvalue weighted by Gasteiger charge is 2.38. The first kappa shape index (κ1) is 20.7. The molecule has 1 saturated carbocycles. The summed E-state index contributed by atoms with van der Waals surface area (Å²) in [4.78, 5) is 19.9. The van der Waals surface area contributed by atoms with Gasteiger partial charge in [-0.05, 0) is 43.9 Å². The maximum absolute atomic E-state index is 13.2. The fraction of sp³-hybridized carbons (Fsp3) is 0.545. The number of hydrogen-bond donors (Lipinski definition) is 0. The lowest BCUT2D eigenvalue weighted by atomic mass is 9.93. The summed E-state index contributed by atoms with van der Waals surface area (Å²) in [6.45, 7) is 2.06. The Bertz CT molecular complexity index is 1000. The number of pyridine rings is 1. The molecule has 1 aliphatic heterocycles. The Morgan fingerprint density at radius 1 is 1.14 bits per heavy atom. The van der Waals surface area contributed by atoms with Gasteiger partial charge in [-0.1, -0.05) is 49.2 Å². The first-order chi connectivity index (χ1) is 13.9. The molecule has 0 bridgehead atoms. The first-order valence-corrected chi connectivity index (χ1v) is 13.2. The summed E-state index contributed by atoms with van der Waals surface area (Å²) in [5.41, 5.74) is 2.09. The van der Waals surface area contributed by atoms with Crippen LogP contribution in [0.1, 0.15) is 44.1 Å². The van der Waals surface area contributed by atoms with Gasteiger partial charge in [-0.3, -0.25) is 4.79 Å². The van der Waals surface area contributed by atoms with Crippen LogP contribution in [0.25, 0.3) is 10.9 Å². The molecule has 0 radical (unpaired) electrons. The average molecular weight is 433 g/mol. The molecule has 0 spiro atoms. The number of benzene rings is 1. The van der Waals surface area contributed by atoms with Crippen LogP contribution in [0.4, 0.5) is 0 Å². The van der Waals surface area contributed by atoms with E-state index in [-0.39, 0.29) is 29.5 Å². The van der Waals surface area contributed by atoms with Gasteiger partial charge in [0, 0.05) is 17.5 Å². The lowest BCUT2D eigenvalue weighted by molar-refractivity contribution is -0.133. The Morgan fingerprint density at radius 2 is 1.90 bits per heavy atom. The van der Waals surface area contributed by atoms with Crippen LogP contribution >= 0.6 is 11.8 Å². The molecule has 1 unspecified atom stereocenters. The number of nitrogens with zero attached hydrogens (tertiary/aromatic N) is 2. The highest BCUT2D eigenvalue weighted by Crippen LogP contribution is 2.30. The van der Waals surface area contributed by atoms with E-state index in [1.54, 1.807) is 0 Å². The summed E-state index contributed by atoms with van der Waals surface area (Å²) < 4.78 is 24.1. The van der Waals surface area contributed by atoms with Crippen molar-refractivity contribution in [3.63, 3.8) is 0 Å². The highest BCUT2D eigenvalue weighted by molar-refractivity contribution is 7.99. The Hall–Kier alpha value is -1.60. The van der Waals surface area contributed by atoms with Crippen molar-refractivity contribution < 1.29 is 13.2 Å². The van der Waals surface area contributed by atoms with Gasteiger partial charge in [-0.15, -0.1) is 0 Å². The predicted octanol–water partition coefficient (Wildman–Crippen LogP) is 3.98. The first-order valence-electron chi connectivity index (χ1n) is 10.4. The van der Waals surface area contributed by atoms with Crippen molar-refractivity contribution in [3.8, 4) is 0 Å². The van der Waals surface area contributed by atoms with Crippen LogP contribution in [0.15, 0.2) is 35.4 Å². The van der Waals surface area contributed by atoms with E-state index >= 15 is 0 Å². The van der Waals surface area contributed by atoms with Crippen molar-refractivity contribution in [2.45, 2.75) is 62.6 Å². The zero-order chi connectivity index (χ0) is 20.4. The largest absolute Gasteiger partial charge is 0.335 e. The van der Waals surface area contributed by atoms with Gasteiger partial charge in [0.1, 0.15) is 0 Å². The number of hydrogen-bond acceptors (Lipinski definition) is 5. The fourth-order valence-electron chi connectivity index (χ4n) is 4.66. The number of aromatic nitrogens is 1. The molecular formula is C22H28N2O3S2. The fourth-order valence-corrected chi connectivity index (χ4v) is 7.22. The Kier molecular flexibility index (Phi) is 6.16. The normalized spacial score (nSPS) is 22.0. The van der Waals surface area contributed by atoms with Gasteiger partial charge >= 0.3 is 0 Å². The van der Waals surface area contributed by atoms with E-state index < -0.39 is 9.84 Å². The van der Waals surface area contributed by atoms with Crippen LogP contribution in [0.2, 0.25) is 0 Å². The van der Waals surface area contributed by atoms with Gasteiger partial charge < -0.3 is 4.90 Å². The number of para-hydroxylation sites is 1. The molecule has 4 rings (SSSR count). The minimum Gasteiger partial charge on any atom is -0.335 e.